The number of halogens is 1. The summed E-state index contributed by atoms with van der Waals surface area (Å²) in [5.41, 5.74) is 0.686. The van der Waals surface area contributed by atoms with Crippen LogP contribution < -0.4 is 4.74 Å². The lowest BCUT2D eigenvalue weighted by molar-refractivity contribution is 0.0209. The van der Waals surface area contributed by atoms with E-state index in [1.54, 1.807) is 20.1 Å². The smallest absolute Gasteiger partial charge is 0.160 e. The van der Waals surface area contributed by atoms with Gasteiger partial charge in [-0.05, 0) is 60.3 Å². The molecule has 2 rings (SSSR count). The van der Waals surface area contributed by atoms with Gasteiger partial charge in [-0.15, -0.1) is 0 Å². The van der Waals surface area contributed by atoms with Gasteiger partial charge in [0, 0.05) is 23.6 Å². The molecule has 2 atom stereocenters. The number of Topliss-reactive ketones (excluding diaryl/α,β-unsaturated/α-hetero) is 1. The molecule has 1 aromatic rings. The Morgan fingerprint density at radius 2 is 2.05 bits per heavy atom. The van der Waals surface area contributed by atoms with Gasteiger partial charge >= 0.3 is 0 Å². The third kappa shape index (κ3) is 3.80. The number of methoxy groups -OCH3 is 1. The molecule has 4 heteroatoms. The quantitative estimate of drug-likeness (QED) is 0.785. The van der Waals surface area contributed by atoms with Crippen LogP contribution in [0.1, 0.15) is 43.0 Å². The van der Waals surface area contributed by atoms with Crippen molar-refractivity contribution in [1.29, 1.82) is 0 Å². The predicted molar refractivity (Wildman–Crippen MR) is 77.8 cm³/mol. The molecule has 0 saturated heterocycles. The van der Waals surface area contributed by atoms with Crippen molar-refractivity contribution in [3.05, 3.63) is 28.2 Å². The molecule has 0 aromatic heterocycles. The van der Waals surface area contributed by atoms with Crippen LogP contribution in [0.15, 0.2) is 22.7 Å². The number of carbonyl (C=O) groups is 1. The topological polar surface area (TPSA) is 35.5 Å². The van der Waals surface area contributed by atoms with Gasteiger partial charge in [0.25, 0.3) is 0 Å². The van der Waals surface area contributed by atoms with E-state index in [2.05, 4.69) is 15.9 Å². The van der Waals surface area contributed by atoms with Crippen LogP contribution in [-0.4, -0.2) is 25.1 Å². The summed E-state index contributed by atoms with van der Waals surface area (Å²) in [6.07, 6.45) is 4.75. The maximum Gasteiger partial charge on any atom is 0.160 e. The molecular formula is C15H19BrO3. The van der Waals surface area contributed by atoms with E-state index in [4.69, 9.17) is 9.47 Å². The van der Waals surface area contributed by atoms with Crippen molar-refractivity contribution in [3.8, 4) is 5.75 Å². The largest absolute Gasteiger partial charge is 0.490 e. The van der Waals surface area contributed by atoms with E-state index in [0.29, 0.717) is 11.7 Å². The molecule has 0 bridgehead atoms. The lowest BCUT2D eigenvalue weighted by Crippen LogP contribution is -2.29. The van der Waals surface area contributed by atoms with Crippen molar-refractivity contribution in [2.75, 3.05) is 7.11 Å². The maximum atomic E-state index is 11.4. The normalized spacial score (nSPS) is 23.1. The fourth-order valence-corrected chi connectivity index (χ4v) is 3.11. The Kier molecular flexibility index (Phi) is 4.99. The zero-order valence-electron chi connectivity index (χ0n) is 11.3. The summed E-state index contributed by atoms with van der Waals surface area (Å²) >= 11 is 3.41. The molecule has 0 amide bonds. The van der Waals surface area contributed by atoms with Crippen LogP contribution in [0, 0.1) is 0 Å². The van der Waals surface area contributed by atoms with Crippen molar-refractivity contribution in [2.45, 2.75) is 44.8 Å². The average Bonchev–Trinajstić information content (AvgIpc) is 2.38. The van der Waals surface area contributed by atoms with E-state index in [9.17, 15) is 4.79 Å². The van der Waals surface area contributed by atoms with Gasteiger partial charge in [-0.1, -0.05) is 0 Å². The van der Waals surface area contributed by atoms with Crippen LogP contribution in [0.4, 0.5) is 0 Å². The molecular weight excluding hydrogens is 308 g/mol. The first-order valence-corrected chi connectivity index (χ1v) is 7.39. The number of rotatable bonds is 4. The maximum absolute atomic E-state index is 11.4. The fourth-order valence-electron chi connectivity index (χ4n) is 2.47. The molecule has 0 N–H and O–H groups in total. The third-order valence-electron chi connectivity index (χ3n) is 3.53. The van der Waals surface area contributed by atoms with Crippen molar-refractivity contribution >= 4 is 21.7 Å². The molecule has 104 valence electrons. The average molecular weight is 327 g/mol. The molecule has 0 spiro atoms. The number of hydrogen-bond acceptors (Lipinski definition) is 3. The highest BCUT2D eigenvalue weighted by Gasteiger charge is 2.23. The van der Waals surface area contributed by atoms with Crippen LogP contribution in [0.25, 0.3) is 0 Å². The molecule has 1 fully saturated rings. The molecule has 3 nitrogen and oxygen atoms in total. The Morgan fingerprint density at radius 3 is 2.68 bits per heavy atom. The zero-order chi connectivity index (χ0) is 13.8. The lowest BCUT2D eigenvalue weighted by atomic mass is 9.95. The number of ketones is 1. The molecule has 1 aromatic carbocycles. The zero-order valence-corrected chi connectivity index (χ0v) is 12.9. The van der Waals surface area contributed by atoms with Crippen LogP contribution in [0.3, 0.4) is 0 Å². The Balaban J connectivity index is 2.03. The minimum Gasteiger partial charge on any atom is -0.490 e. The van der Waals surface area contributed by atoms with Crippen molar-refractivity contribution in [2.24, 2.45) is 0 Å². The number of ether oxygens (including phenoxy) is 2. The second-order valence-corrected chi connectivity index (χ2v) is 5.82. The third-order valence-corrected chi connectivity index (χ3v) is 4.19. The van der Waals surface area contributed by atoms with E-state index in [-0.39, 0.29) is 11.9 Å². The number of carbonyl (C=O) groups excluding carboxylic acids is 1. The van der Waals surface area contributed by atoms with Gasteiger partial charge in [0.15, 0.2) is 5.78 Å². The number of hydrogen-bond donors (Lipinski definition) is 0. The van der Waals surface area contributed by atoms with Crippen LogP contribution in [-0.2, 0) is 4.74 Å². The summed E-state index contributed by atoms with van der Waals surface area (Å²) in [6.45, 7) is 1.56. The molecule has 1 aliphatic carbocycles. The second-order valence-electron chi connectivity index (χ2n) is 4.96. The van der Waals surface area contributed by atoms with E-state index >= 15 is 0 Å². The minimum absolute atomic E-state index is 0.0514. The summed E-state index contributed by atoms with van der Waals surface area (Å²) in [7, 11) is 1.76. The van der Waals surface area contributed by atoms with Crippen LogP contribution >= 0.6 is 15.9 Å². The molecule has 2 unspecified atom stereocenters. The summed E-state index contributed by atoms with van der Waals surface area (Å²) in [6, 6.07) is 5.53. The lowest BCUT2D eigenvalue weighted by Gasteiger charge is -2.28. The highest BCUT2D eigenvalue weighted by Crippen LogP contribution is 2.28. The summed E-state index contributed by atoms with van der Waals surface area (Å²) in [4.78, 5) is 11.4. The molecule has 1 aliphatic rings. The van der Waals surface area contributed by atoms with Gasteiger partial charge in [0.2, 0.25) is 0 Å². The first kappa shape index (κ1) is 14.5. The van der Waals surface area contributed by atoms with E-state index < -0.39 is 0 Å². The standard InChI is InChI=1S/C15H19BrO3/c1-10(17)14-7-6-13(9-15(14)16)19-12-5-3-4-11(8-12)18-2/h6-7,9,11-12H,3-5,8H2,1-2H3. The fraction of sp³-hybridized carbons (Fsp3) is 0.533. The summed E-state index contributed by atoms with van der Waals surface area (Å²) < 4.78 is 12.2. The Hall–Kier alpha value is -0.870. The van der Waals surface area contributed by atoms with Crippen molar-refractivity contribution < 1.29 is 14.3 Å². The first-order chi connectivity index (χ1) is 9.10. The van der Waals surface area contributed by atoms with E-state index in [1.807, 2.05) is 12.1 Å². The monoisotopic (exact) mass is 326 g/mol. The van der Waals surface area contributed by atoms with Gasteiger partial charge in [-0.2, -0.15) is 0 Å². The van der Waals surface area contributed by atoms with Gasteiger partial charge in [0.05, 0.1) is 6.10 Å². The van der Waals surface area contributed by atoms with Gasteiger partial charge in [-0.25, -0.2) is 0 Å². The van der Waals surface area contributed by atoms with Crippen molar-refractivity contribution in [1.82, 2.24) is 0 Å². The van der Waals surface area contributed by atoms with Gasteiger partial charge in [0.1, 0.15) is 11.9 Å². The van der Waals surface area contributed by atoms with Crippen molar-refractivity contribution in [3.63, 3.8) is 0 Å². The SMILES string of the molecule is COC1CCCC(Oc2ccc(C(C)=O)c(Br)c2)C1. The Bertz CT molecular complexity index is 459. The highest BCUT2D eigenvalue weighted by atomic mass is 79.9. The van der Waals surface area contributed by atoms with E-state index in [0.717, 1.165) is 35.9 Å². The van der Waals surface area contributed by atoms with Crippen LogP contribution in [0.2, 0.25) is 0 Å². The molecule has 0 aliphatic heterocycles. The first-order valence-electron chi connectivity index (χ1n) is 6.60. The molecule has 0 heterocycles. The predicted octanol–water partition coefficient (Wildman–Crippen LogP) is 3.99. The number of benzene rings is 1. The molecule has 19 heavy (non-hydrogen) atoms. The Morgan fingerprint density at radius 1 is 1.32 bits per heavy atom. The Labute approximate surface area is 122 Å². The second kappa shape index (κ2) is 6.53. The molecule has 0 radical (unpaired) electrons. The summed E-state index contributed by atoms with van der Waals surface area (Å²) in [5, 5.41) is 0. The highest BCUT2D eigenvalue weighted by molar-refractivity contribution is 9.10. The van der Waals surface area contributed by atoms with Crippen LogP contribution in [0.5, 0.6) is 5.75 Å². The van der Waals surface area contributed by atoms with E-state index in [1.165, 1.54) is 0 Å². The molecule has 1 saturated carbocycles. The minimum atomic E-state index is 0.0514. The van der Waals surface area contributed by atoms with Gasteiger partial charge in [-0.3, -0.25) is 4.79 Å². The summed E-state index contributed by atoms with van der Waals surface area (Å²) in [5.74, 6) is 0.856. The van der Waals surface area contributed by atoms with Gasteiger partial charge < -0.3 is 9.47 Å².